The molecule has 2 atom stereocenters. The van der Waals surface area contributed by atoms with Gasteiger partial charge in [0.05, 0.1) is 6.20 Å². The lowest BCUT2D eigenvalue weighted by Crippen LogP contribution is -2.32. The molecule has 0 bridgehead atoms. The van der Waals surface area contributed by atoms with Gasteiger partial charge in [-0.15, -0.1) is 0 Å². The minimum absolute atomic E-state index is 0.0396. The lowest BCUT2D eigenvalue weighted by atomic mass is 9.74. The van der Waals surface area contributed by atoms with Gasteiger partial charge in [0, 0.05) is 29.6 Å². The van der Waals surface area contributed by atoms with Crippen molar-refractivity contribution >= 4 is 17.5 Å². The molecule has 1 aliphatic rings. The van der Waals surface area contributed by atoms with Crippen LogP contribution >= 0.6 is 0 Å². The van der Waals surface area contributed by atoms with Crippen molar-refractivity contribution in [3.8, 4) is 0 Å². The maximum absolute atomic E-state index is 11.3. The molecule has 0 spiro atoms. The molecule has 1 aromatic rings. The number of carbonyl (C=O) groups is 1. The van der Waals surface area contributed by atoms with Crippen molar-refractivity contribution in [2.45, 2.75) is 33.6 Å². The van der Waals surface area contributed by atoms with Gasteiger partial charge in [-0.1, -0.05) is 20.8 Å². The van der Waals surface area contributed by atoms with Gasteiger partial charge in [-0.25, -0.2) is 9.78 Å². The Labute approximate surface area is 130 Å². The van der Waals surface area contributed by atoms with E-state index in [0.717, 1.165) is 18.5 Å². The molecule has 0 saturated carbocycles. The molecule has 0 amide bonds. The third-order valence-corrected chi connectivity index (χ3v) is 4.18. The second-order valence-corrected chi connectivity index (χ2v) is 6.05. The van der Waals surface area contributed by atoms with Gasteiger partial charge in [0.25, 0.3) is 0 Å². The first-order valence-electron chi connectivity index (χ1n) is 7.51. The zero-order chi connectivity index (χ0) is 16.3. The van der Waals surface area contributed by atoms with Gasteiger partial charge in [0.15, 0.2) is 0 Å². The minimum atomic E-state index is -1.19. The van der Waals surface area contributed by atoms with Crippen LogP contribution in [0.25, 0.3) is 0 Å². The summed E-state index contributed by atoms with van der Waals surface area (Å²) < 4.78 is 0. The Hall–Kier alpha value is -2.24. The molecule has 1 heterocycles. The fourth-order valence-corrected chi connectivity index (χ4v) is 3.01. The maximum atomic E-state index is 11.3. The van der Waals surface area contributed by atoms with E-state index >= 15 is 0 Å². The first kappa shape index (κ1) is 16.1. The lowest BCUT2D eigenvalue weighted by Gasteiger charge is -2.34. The number of nitrogens with one attached hydrogen (secondary N) is 2. The second-order valence-electron chi connectivity index (χ2n) is 6.05. The predicted octanol–water partition coefficient (Wildman–Crippen LogP) is 2.95. The normalized spacial score (nSPS) is 21.8. The zero-order valence-corrected chi connectivity index (χ0v) is 13.1. The van der Waals surface area contributed by atoms with Crippen LogP contribution in [0.1, 0.15) is 33.6 Å². The van der Waals surface area contributed by atoms with E-state index in [0.29, 0.717) is 17.3 Å². The number of carboxylic acid groups (broad SMARTS) is 1. The van der Waals surface area contributed by atoms with Crippen molar-refractivity contribution in [2.75, 3.05) is 5.32 Å². The van der Waals surface area contributed by atoms with Gasteiger partial charge < -0.3 is 10.4 Å². The third kappa shape index (κ3) is 3.32. The van der Waals surface area contributed by atoms with Crippen molar-refractivity contribution in [1.82, 2.24) is 9.97 Å². The highest BCUT2D eigenvalue weighted by Crippen LogP contribution is 2.38. The lowest BCUT2D eigenvalue weighted by molar-refractivity contribution is -0.129. The van der Waals surface area contributed by atoms with Gasteiger partial charge in [-0.05, 0) is 24.7 Å². The van der Waals surface area contributed by atoms with Crippen LogP contribution in [-0.4, -0.2) is 26.8 Å². The molecular weight excluding hydrogens is 280 g/mol. The Bertz CT molecular complexity index is 595. The molecule has 0 fully saturated rings. The molecule has 1 aliphatic carbocycles. The van der Waals surface area contributed by atoms with Crippen molar-refractivity contribution in [3.63, 3.8) is 0 Å². The van der Waals surface area contributed by atoms with Crippen LogP contribution in [0.3, 0.4) is 0 Å². The number of rotatable bonds is 5. The summed E-state index contributed by atoms with van der Waals surface area (Å²) in [5, 5.41) is 20.4. The molecule has 118 valence electrons. The van der Waals surface area contributed by atoms with Gasteiger partial charge in [0.2, 0.25) is 0 Å². The predicted molar refractivity (Wildman–Crippen MR) is 84.8 cm³/mol. The van der Waals surface area contributed by atoms with Crippen LogP contribution in [-0.2, 0) is 4.79 Å². The summed E-state index contributed by atoms with van der Waals surface area (Å²) in [7, 11) is 0. The first-order chi connectivity index (χ1) is 10.4. The summed E-state index contributed by atoms with van der Waals surface area (Å²) in [6.07, 6.45) is 6.63. The fourth-order valence-electron chi connectivity index (χ4n) is 3.01. The Kier molecular flexibility index (Phi) is 4.90. The number of hydrogen-bond donors (Lipinski definition) is 3. The molecule has 1 unspecified atom stereocenters. The topological polar surface area (TPSA) is 99.0 Å². The van der Waals surface area contributed by atoms with Crippen LogP contribution in [0.15, 0.2) is 29.9 Å². The summed E-state index contributed by atoms with van der Waals surface area (Å²) >= 11 is 0. The van der Waals surface area contributed by atoms with Crippen LogP contribution in [0, 0.1) is 23.2 Å². The number of carboxylic acids is 1. The smallest absolute Gasteiger partial charge is 0.354 e. The number of allylic oxidation sites excluding steroid dienone is 1. The molecule has 0 aromatic carbocycles. The molecule has 1 aromatic heterocycles. The number of anilines is 1. The fraction of sp³-hybridized carbons (Fsp3) is 0.500. The molecule has 0 radical (unpaired) electrons. The van der Waals surface area contributed by atoms with Crippen molar-refractivity contribution in [2.24, 2.45) is 17.8 Å². The number of hydrogen-bond acceptors (Lipinski definition) is 5. The summed E-state index contributed by atoms with van der Waals surface area (Å²) in [6, 6.07) is 0. The van der Waals surface area contributed by atoms with E-state index in [1.807, 2.05) is 6.92 Å². The minimum Gasteiger partial charge on any atom is -0.477 e. The summed E-state index contributed by atoms with van der Waals surface area (Å²) in [5.41, 5.74) is 1.06. The summed E-state index contributed by atoms with van der Waals surface area (Å²) in [6.45, 7) is 6.20. The van der Waals surface area contributed by atoms with Crippen molar-refractivity contribution in [3.05, 3.63) is 29.9 Å². The van der Waals surface area contributed by atoms with E-state index in [4.69, 9.17) is 5.41 Å². The van der Waals surface area contributed by atoms with Crippen LogP contribution in [0.2, 0.25) is 0 Å². The number of nitrogens with zero attached hydrogens (tertiary/aromatic N) is 2. The van der Waals surface area contributed by atoms with E-state index in [9.17, 15) is 9.90 Å². The average molecular weight is 302 g/mol. The summed E-state index contributed by atoms with van der Waals surface area (Å²) in [5.74, 6) is -0.0356. The van der Waals surface area contributed by atoms with E-state index in [-0.39, 0.29) is 17.5 Å². The molecule has 0 saturated heterocycles. The molecular formula is C16H22N4O2. The first-order valence-corrected chi connectivity index (χ1v) is 7.51. The molecule has 3 N–H and O–H groups in total. The highest BCUT2D eigenvalue weighted by molar-refractivity contribution is 6.41. The molecule has 2 rings (SSSR count). The Balaban J connectivity index is 2.50. The van der Waals surface area contributed by atoms with Crippen LogP contribution in [0.5, 0.6) is 0 Å². The number of aliphatic carboxylic acids is 1. The Morgan fingerprint density at radius 1 is 1.41 bits per heavy atom. The van der Waals surface area contributed by atoms with Crippen molar-refractivity contribution < 1.29 is 9.90 Å². The van der Waals surface area contributed by atoms with Crippen LogP contribution < -0.4 is 5.32 Å². The van der Waals surface area contributed by atoms with E-state index in [1.165, 1.54) is 0 Å². The largest absolute Gasteiger partial charge is 0.477 e. The second kappa shape index (κ2) is 6.68. The van der Waals surface area contributed by atoms with E-state index in [2.05, 4.69) is 29.1 Å². The Morgan fingerprint density at radius 2 is 2.14 bits per heavy atom. The average Bonchev–Trinajstić information content (AvgIpc) is 2.47. The van der Waals surface area contributed by atoms with Gasteiger partial charge in [-0.2, -0.15) is 0 Å². The molecule has 6 nitrogen and oxygen atoms in total. The standard InChI is InChI=1S/C16H22N4O2/c1-9(2)11-5-4-10(3)13(14(17)16(21)22)15(11)20-12-8-18-6-7-19-12/h6-11,17H,4-5H2,1-3H3,(H,19,20)(H,21,22)/t10-,11?/m1/s1. The van der Waals surface area contributed by atoms with Crippen molar-refractivity contribution in [1.29, 1.82) is 5.41 Å². The van der Waals surface area contributed by atoms with Gasteiger partial charge in [0.1, 0.15) is 11.5 Å². The van der Waals surface area contributed by atoms with Gasteiger partial charge in [-0.3, -0.25) is 10.4 Å². The Morgan fingerprint density at radius 3 is 2.68 bits per heavy atom. The highest BCUT2D eigenvalue weighted by atomic mass is 16.4. The third-order valence-electron chi connectivity index (χ3n) is 4.18. The van der Waals surface area contributed by atoms with E-state index < -0.39 is 5.97 Å². The van der Waals surface area contributed by atoms with Crippen LogP contribution in [0.4, 0.5) is 5.82 Å². The number of aromatic nitrogens is 2. The SMILES string of the molecule is CC(C)C1CC[C@@H](C)C(C(=N)C(=O)O)=C1Nc1cnccn1. The van der Waals surface area contributed by atoms with E-state index in [1.54, 1.807) is 18.6 Å². The van der Waals surface area contributed by atoms with Gasteiger partial charge >= 0.3 is 5.97 Å². The summed E-state index contributed by atoms with van der Waals surface area (Å²) in [4.78, 5) is 19.5. The maximum Gasteiger partial charge on any atom is 0.354 e. The molecule has 6 heteroatoms. The quantitative estimate of drug-likeness (QED) is 0.726. The zero-order valence-electron chi connectivity index (χ0n) is 13.1. The highest BCUT2D eigenvalue weighted by Gasteiger charge is 2.33. The molecule has 0 aliphatic heterocycles. The monoisotopic (exact) mass is 302 g/mol. The molecule has 22 heavy (non-hydrogen) atoms.